The van der Waals surface area contributed by atoms with Crippen LogP contribution in [0.4, 0.5) is 0 Å². The van der Waals surface area contributed by atoms with Gasteiger partial charge >= 0.3 is 0 Å². The predicted octanol–water partition coefficient (Wildman–Crippen LogP) is 7.18. The zero-order valence-corrected chi connectivity index (χ0v) is 27.4. The molecule has 232 valence electrons. The molecule has 0 aromatic carbocycles. The van der Waals surface area contributed by atoms with Crippen molar-refractivity contribution >= 4 is 0 Å². The number of hydrogen-bond acceptors (Lipinski definition) is 4. The van der Waals surface area contributed by atoms with Crippen LogP contribution in [-0.2, 0) is 0 Å². The molecule has 0 unspecified atom stereocenters. The van der Waals surface area contributed by atoms with Crippen molar-refractivity contribution in [1.29, 1.82) is 0 Å². The van der Waals surface area contributed by atoms with Gasteiger partial charge in [0.05, 0.1) is 12.2 Å². The zero-order chi connectivity index (χ0) is 29.5. The van der Waals surface area contributed by atoms with E-state index in [-0.39, 0.29) is 6.54 Å². The minimum absolute atomic E-state index is 0.0204. The van der Waals surface area contributed by atoms with Crippen molar-refractivity contribution in [2.75, 3.05) is 6.54 Å². The first-order chi connectivity index (χ1) is 18.6. The summed E-state index contributed by atoms with van der Waals surface area (Å²) < 4.78 is 0. The van der Waals surface area contributed by atoms with Crippen molar-refractivity contribution in [1.82, 2.24) is 0 Å². The third-order valence-corrected chi connectivity index (χ3v) is 16.2. The Balaban J connectivity index is 1.33. The summed E-state index contributed by atoms with van der Waals surface area (Å²) in [5, 5.41) is 30.6. The molecule has 5 N–H and O–H groups in total. The average molecular weight is 560 g/mol. The molecule has 0 aromatic rings. The fourth-order valence-corrected chi connectivity index (χ4v) is 13.3. The van der Waals surface area contributed by atoms with Gasteiger partial charge in [0.1, 0.15) is 6.10 Å². The van der Waals surface area contributed by atoms with Gasteiger partial charge in [-0.3, -0.25) is 0 Å². The molecule has 5 rings (SSSR count). The fourth-order valence-electron chi connectivity index (χ4n) is 13.3. The molecule has 0 spiro atoms. The summed E-state index contributed by atoms with van der Waals surface area (Å²) in [5.74, 6) is 5.39. The van der Waals surface area contributed by atoms with Crippen LogP contribution in [0.2, 0.25) is 0 Å². The molecule has 4 nitrogen and oxygen atoms in total. The molecule has 0 aromatic heterocycles. The molecular formula is C36H65NO3. The van der Waals surface area contributed by atoms with E-state index in [1.807, 2.05) is 0 Å². The lowest BCUT2D eigenvalue weighted by molar-refractivity contribution is -0.246. The average Bonchev–Trinajstić information content (AvgIpc) is 3.26. The Morgan fingerprint density at radius 2 is 1.25 bits per heavy atom. The molecule has 5 aliphatic carbocycles. The molecule has 5 fully saturated rings. The molecular weight excluding hydrogens is 494 g/mol. The van der Waals surface area contributed by atoms with Crippen LogP contribution in [0.25, 0.3) is 0 Å². The van der Waals surface area contributed by atoms with E-state index in [0.29, 0.717) is 45.3 Å². The van der Waals surface area contributed by atoms with E-state index in [1.54, 1.807) is 0 Å². The van der Waals surface area contributed by atoms with Crippen molar-refractivity contribution in [2.45, 2.75) is 151 Å². The highest BCUT2D eigenvalue weighted by Gasteiger charge is 2.70. The molecule has 0 heterocycles. The summed E-state index contributed by atoms with van der Waals surface area (Å²) in [6.45, 7) is 21.0. The molecule has 0 saturated heterocycles. The van der Waals surface area contributed by atoms with Crippen molar-refractivity contribution in [3.8, 4) is 0 Å². The van der Waals surface area contributed by atoms with Crippen molar-refractivity contribution in [3.05, 3.63) is 0 Å². The van der Waals surface area contributed by atoms with E-state index < -0.39 is 18.3 Å². The van der Waals surface area contributed by atoms with E-state index in [4.69, 9.17) is 5.73 Å². The maximum absolute atomic E-state index is 10.5. The maximum atomic E-state index is 10.5. The number of nitrogens with two attached hydrogens (primary N) is 1. The monoisotopic (exact) mass is 559 g/mol. The molecule has 0 bridgehead atoms. The number of hydrogen-bond donors (Lipinski definition) is 4. The first-order valence-corrected chi connectivity index (χ1v) is 17.3. The lowest BCUT2D eigenvalue weighted by atomic mass is 9.31. The van der Waals surface area contributed by atoms with E-state index in [2.05, 4.69) is 55.4 Å². The number of aliphatic hydroxyl groups is 3. The smallest absolute Gasteiger partial charge is 0.107 e. The molecule has 4 heteroatoms. The third-order valence-electron chi connectivity index (χ3n) is 16.2. The molecule has 5 saturated carbocycles. The van der Waals surface area contributed by atoms with Crippen LogP contribution in [0.3, 0.4) is 0 Å². The number of rotatable bonds is 7. The molecule has 0 aliphatic heterocycles. The highest BCUT2D eigenvalue weighted by Crippen LogP contribution is 2.78. The van der Waals surface area contributed by atoms with Crippen LogP contribution >= 0.6 is 0 Å². The van der Waals surface area contributed by atoms with E-state index in [1.165, 1.54) is 64.2 Å². The predicted molar refractivity (Wildman–Crippen MR) is 164 cm³/mol. The fraction of sp³-hybridized carbons (Fsp3) is 1.00. The minimum Gasteiger partial charge on any atom is -0.390 e. The summed E-state index contributed by atoms with van der Waals surface area (Å²) in [6, 6.07) is 0. The van der Waals surface area contributed by atoms with E-state index in [9.17, 15) is 15.3 Å². The Kier molecular flexibility index (Phi) is 8.19. The SMILES string of the molecule is C[C@H](CC[C@@H](O)[C@@H](O)[C@@H](O)CN)[C@H]1CC[C@]2(C)[C@H]3CC[C@@H]4[C@@]5(C)CC[C@H](C)C(C)(C)[C@@H]5CC[C@@]4(C)[C@]3(C)CC[C@@H]12. The van der Waals surface area contributed by atoms with Gasteiger partial charge in [-0.25, -0.2) is 0 Å². The topological polar surface area (TPSA) is 86.7 Å². The highest BCUT2D eigenvalue weighted by molar-refractivity contribution is 5.19. The summed E-state index contributed by atoms with van der Waals surface area (Å²) in [4.78, 5) is 0. The van der Waals surface area contributed by atoms with Crippen LogP contribution < -0.4 is 5.73 Å². The van der Waals surface area contributed by atoms with Gasteiger partial charge < -0.3 is 21.1 Å². The standard InChI is InChI=1S/C36H65NO3/c1-22(9-10-26(38)31(40)27(39)21-37)24-14-18-33(5)25(24)15-19-35(7)29(33)11-12-30-34(6)17-13-23(2)32(3,4)28(34)16-20-36(30,35)8/h22-31,38-40H,9-21,37H2,1-8H3/t22-,23+,24-,25+,26-,27+,28+,29-,30-,31-,33+,34+,35-,36-/m1/s1. The summed E-state index contributed by atoms with van der Waals surface area (Å²) >= 11 is 0. The Labute approximate surface area is 246 Å². The number of fused-ring (bicyclic) bond motifs is 7. The van der Waals surface area contributed by atoms with Gasteiger partial charge in [0.15, 0.2) is 0 Å². The van der Waals surface area contributed by atoms with Crippen molar-refractivity contribution in [3.63, 3.8) is 0 Å². The Morgan fingerprint density at radius 3 is 1.88 bits per heavy atom. The first kappa shape index (κ1) is 31.3. The lowest BCUT2D eigenvalue weighted by Gasteiger charge is -2.73. The van der Waals surface area contributed by atoms with Gasteiger partial charge in [0.2, 0.25) is 0 Å². The van der Waals surface area contributed by atoms with Gasteiger partial charge in [-0.1, -0.05) is 55.4 Å². The summed E-state index contributed by atoms with van der Waals surface area (Å²) in [5.41, 5.74) is 7.75. The van der Waals surface area contributed by atoms with Crippen LogP contribution in [0.5, 0.6) is 0 Å². The Bertz CT molecular complexity index is 922. The van der Waals surface area contributed by atoms with Crippen molar-refractivity contribution in [2.24, 2.45) is 74.2 Å². The second-order valence-corrected chi connectivity index (χ2v) is 17.6. The molecule has 5 aliphatic rings. The van der Waals surface area contributed by atoms with Crippen LogP contribution in [-0.4, -0.2) is 40.2 Å². The summed E-state index contributed by atoms with van der Waals surface area (Å²) in [7, 11) is 0. The quantitative estimate of drug-likeness (QED) is 0.266. The zero-order valence-electron chi connectivity index (χ0n) is 27.4. The summed E-state index contributed by atoms with van der Waals surface area (Å²) in [6.07, 6.45) is 12.3. The maximum Gasteiger partial charge on any atom is 0.107 e. The van der Waals surface area contributed by atoms with E-state index >= 15 is 0 Å². The number of aliphatic hydroxyl groups excluding tert-OH is 3. The van der Waals surface area contributed by atoms with Gasteiger partial charge in [0, 0.05) is 6.54 Å². The molecule has 0 amide bonds. The highest BCUT2D eigenvalue weighted by atomic mass is 16.4. The largest absolute Gasteiger partial charge is 0.390 e. The van der Waals surface area contributed by atoms with Crippen molar-refractivity contribution < 1.29 is 15.3 Å². The van der Waals surface area contributed by atoms with Gasteiger partial charge in [-0.2, -0.15) is 0 Å². The lowest BCUT2D eigenvalue weighted by Crippen LogP contribution is -2.66. The molecule has 40 heavy (non-hydrogen) atoms. The Morgan fingerprint density at radius 1 is 0.675 bits per heavy atom. The van der Waals surface area contributed by atoms with Gasteiger partial charge in [0.25, 0.3) is 0 Å². The Hall–Kier alpha value is -0.160. The minimum atomic E-state index is -1.15. The van der Waals surface area contributed by atoms with Crippen LogP contribution in [0.15, 0.2) is 0 Å². The first-order valence-electron chi connectivity index (χ1n) is 17.3. The van der Waals surface area contributed by atoms with Crippen LogP contribution in [0.1, 0.15) is 132 Å². The van der Waals surface area contributed by atoms with Gasteiger partial charge in [-0.05, 0) is 146 Å². The second-order valence-electron chi connectivity index (χ2n) is 17.6. The van der Waals surface area contributed by atoms with Crippen LogP contribution in [0, 0.1) is 68.5 Å². The molecule has 14 atom stereocenters. The second kappa shape index (κ2) is 10.5. The van der Waals surface area contributed by atoms with Gasteiger partial charge in [-0.15, -0.1) is 0 Å². The molecule has 0 radical (unpaired) electrons. The third kappa shape index (κ3) is 4.34. The van der Waals surface area contributed by atoms with E-state index in [0.717, 1.165) is 36.0 Å². The normalized spacial score (nSPS) is 51.0.